The third-order valence-corrected chi connectivity index (χ3v) is 8.65. The molecule has 154 valence electrons. The van der Waals surface area contributed by atoms with Gasteiger partial charge in [-0.15, -0.1) is 21.5 Å². The number of rotatable bonds is 6. The number of nitrogens with two attached hydrogens (primary N) is 1. The Morgan fingerprint density at radius 1 is 1.38 bits per heavy atom. The van der Waals surface area contributed by atoms with Crippen LogP contribution >= 0.6 is 34.4 Å². The lowest BCUT2D eigenvalue weighted by molar-refractivity contribution is 0.103. The normalized spacial score (nSPS) is 16.3. The summed E-state index contributed by atoms with van der Waals surface area (Å²) in [6, 6.07) is 2.15. The largest absolute Gasteiger partial charge is 0.397 e. The topological polar surface area (TPSA) is 93.8 Å². The lowest BCUT2D eigenvalue weighted by atomic mass is 9.85. The van der Waals surface area contributed by atoms with Crippen LogP contribution in [0.2, 0.25) is 0 Å². The fourth-order valence-corrected chi connectivity index (χ4v) is 6.21. The second-order valence-electron chi connectivity index (χ2n) is 7.84. The molecule has 0 aliphatic heterocycles. The minimum absolute atomic E-state index is 0.244. The SMILES string of the molecule is CCC1CCc2nc3sc(C(=O)Nc4nnc(SCC(C)C)s4)c(N)c3cc2C1. The van der Waals surface area contributed by atoms with Crippen LogP contribution in [0.3, 0.4) is 0 Å². The van der Waals surface area contributed by atoms with Crippen molar-refractivity contribution >= 4 is 61.4 Å². The van der Waals surface area contributed by atoms with Gasteiger partial charge < -0.3 is 5.73 Å². The summed E-state index contributed by atoms with van der Waals surface area (Å²) in [5.74, 6) is 2.02. The second-order valence-corrected chi connectivity index (χ2v) is 11.1. The zero-order valence-electron chi connectivity index (χ0n) is 16.8. The third-order valence-electron chi connectivity index (χ3n) is 5.14. The molecule has 0 spiro atoms. The van der Waals surface area contributed by atoms with E-state index in [1.807, 2.05) is 0 Å². The first-order valence-electron chi connectivity index (χ1n) is 9.93. The highest BCUT2D eigenvalue weighted by Crippen LogP contribution is 2.37. The number of hydrogen-bond acceptors (Lipinski definition) is 8. The molecule has 0 radical (unpaired) electrons. The van der Waals surface area contributed by atoms with Crippen LogP contribution in [0, 0.1) is 11.8 Å². The van der Waals surface area contributed by atoms with E-state index in [2.05, 4.69) is 42.4 Å². The summed E-state index contributed by atoms with van der Waals surface area (Å²) < 4.78 is 0.859. The van der Waals surface area contributed by atoms with Crippen molar-refractivity contribution in [3.8, 4) is 0 Å². The lowest BCUT2D eigenvalue weighted by Crippen LogP contribution is -2.14. The number of carbonyl (C=O) groups excluding carboxylic acids is 1. The van der Waals surface area contributed by atoms with Crippen molar-refractivity contribution in [2.75, 3.05) is 16.8 Å². The van der Waals surface area contributed by atoms with Gasteiger partial charge in [0.2, 0.25) is 5.13 Å². The maximum Gasteiger partial charge on any atom is 0.269 e. The smallest absolute Gasteiger partial charge is 0.269 e. The number of fused-ring (bicyclic) bond motifs is 2. The molecule has 1 unspecified atom stereocenters. The highest BCUT2D eigenvalue weighted by molar-refractivity contribution is 8.01. The van der Waals surface area contributed by atoms with E-state index in [0.717, 1.165) is 38.8 Å². The predicted molar refractivity (Wildman–Crippen MR) is 123 cm³/mol. The van der Waals surface area contributed by atoms with Gasteiger partial charge in [-0.05, 0) is 42.7 Å². The Kier molecular flexibility index (Phi) is 6.08. The highest BCUT2D eigenvalue weighted by Gasteiger charge is 2.23. The van der Waals surface area contributed by atoms with Crippen molar-refractivity contribution in [1.82, 2.24) is 15.2 Å². The minimum Gasteiger partial charge on any atom is -0.397 e. The Bertz CT molecular complexity index is 1040. The summed E-state index contributed by atoms with van der Waals surface area (Å²) >= 11 is 4.40. The number of amides is 1. The molecule has 6 nitrogen and oxygen atoms in total. The molecule has 3 N–H and O–H groups in total. The molecular weight excluding hydrogens is 422 g/mol. The number of pyridine rings is 1. The Morgan fingerprint density at radius 3 is 2.97 bits per heavy atom. The number of nitrogen functional groups attached to an aromatic ring is 1. The summed E-state index contributed by atoms with van der Waals surface area (Å²) in [4.78, 5) is 19.0. The summed E-state index contributed by atoms with van der Waals surface area (Å²) in [6.45, 7) is 6.56. The summed E-state index contributed by atoms with van der Waals surface area (Å²) in [7, 11) is 0. The predicted octanol–water partition coefficient (Wildman–Crippen LogP) is 5.25. The summed E-state index contributed by atoms with van der Waals surface area (Å²) in [5.41, 5.74) is 9.30. The number of thiophene rings is 1. The van der Waals surface area contributed by atoms with Crippen LogP contribution < -0.4 is 11.1 Å². The van der Waals surface area contributed by atoms with E-state index in [-0.39, 0.29) is 5.91 Å². The number of aromatic nitrogens is 3. The van der Waals surface area contributed by atoms with Gasteiger partial charge in [0.25, 0.3) is 5.91 Å². The molecule has 1 aliphatic carbocycles. The van der Waals surface area contributed by atoms with Gasteiger partial charge in [0.05, 0.1) is 5.69 Å². The molecular formula is C20H25N5OS3. The number of nitrogens with one attached hydrogen (secondary N) is 1. The molecule has 0 fully saturated rings. The van der Waals surface area contributed by atoms with E-state index < -0.39 is 0 Å². The van der Waals surface area contributed by atoms with Gasteiger partial charge in [-0.25, -0.2) is 4.98 Å². The minimum atomic E-state index is -0.244. The maximum atomic E-state index is 12.8. The van der Waals surface area contributed by atoms with Gasteiger partial charge >= 0.3 is 0 Å². The van der Waals surface area contributed by atoms with Crippen LogP contribution in [0.4, 0.5) is 10.8 Å². The first-order chi connectivity index (χ1) is 13.9. The Hall–Kier alpha value is -1.71. The van der Waals surface area contributed by atoms with Gasteiger partial charge in [0, 0.05) is 16.8 Å². The number of aryl methyl sites for hydroxylation is 1. The first-order valence-corrected chi connectivity index (χ1v) is 12.5. The Balaban J connectivity index is 1.54. The van der Waals surface area contributed by atoms with E-state index in [9.17, 15) is 4.79 Å². The van der Waals surface area contributed by atoms with E-state index in [0.29, 0.717) is 27.5 Å². The molecule has 3 aromatic rings. The number of thioether (sulfide) groups is 1. The zero-order valence-corrected chi connectivity index (χ0v) is 19.3. The van der Waals surface area contributed by atoms with Gasteiger partial charge in [-0.2, -0.15) is 0 Å². The van der Waals surface area contributed by atoms with Crippen LogP contribution in [0.15, 0.2) is 10.4 Å². The quantitative estimate of drug-likeness (QED) is 0.396. The van der Waals surface area contributed by atoms with Crippen molar-refractivity contribution in [3.05, 3.63) is 22.2 Å². The number of nitrogens with zero attached hydrogens (tertiary/aromatic N) is 3. The van der Waals surface area contributed by atoms with Crippen LogP contribution in [0.5, 0.6) is 0 Å². The molecule has 29 heavy (non-hydrogen) atoms. The van der Waals surface area contributed by atoms with Crippen LogP contribution in [0.25, 0.3) is 10.2 Å². The molecule has 0 saturated heterocycles. The highest BCUT2D eigenvalue weighted by atomic mass is 32.2. The Labute approximate surface area is 182 Å². The molecule has 0 saturated carbocycles. The lowest BCUT2D eigenvalue weighted by Gasteiger charge is -2.22. The van der Waals surface area contributed by atoms with Crippen molar-refractivity contribution < 1.29 is 4.79 Å². The van der Waals surface area contributed by atoms with E-state index in [4.69, 9.17) is 10.7 Å². The van der Waals surface area contributed by atoms with Crippen molar-refractivity contribution in [2.24, 2.45) is 11.8 Å². The van der Waals surface area contributed by atoms with Crippen LogP contribution in [-0.2, 0) is 12.8 Å². The van der Waals surface area contributed by atoms with E-state index >= 15 is 0 Å². The number of anilines is 2. The zero-order chi connectivity index (χ0) is 20.5. The van der Waals surface area contributed by atoms with Crippen molar-refractivity contribution in [2.45, 2.75) is 50.8 Å². The van der Waals surface area contributed by atoms with E-state index in [1.165, 1.54) is 41.1 Å². The molecule has 9 heteroatoms. The summed E-state index contributed by atoms with van der Waals surface area (Å²) in [6.07, 6.45) is 4.42. The fraction of sp³-hybridized carbons (Fsp3) is 0.500. The van der Waals surface area contributed by atoms with Crippen LogP contribution in [-0.4, -0.2) is 26.8 Å². The molecule has 4 rings (SSSR count). The Morgan fingerprint density at radius 2 is 2.21 bits per heavy atom. The van der Waals surface area contributed by atoms with Gasteiger partial charge in [-0.1, -0.05) is 50.3 Å². The second kappa shape index (κ2) is 8.57. The van der Waals surface area contributed by atoms with E-state index in [1.54, 1.807) is 11.8 Å². The fourth-order valence-electron chi connectivity index (χ4n) is 3.49. The van der Waals surface area contributed by atoms with Crippen LogP contribution in [0.1, 0.15) is 54.5 Å². The maximum absolute atomic E-state index is 12.8. The third kappa shape index (κ3) is 4.41. The molecule has 1 aliphatic rings. The monoisotopic (exact) mass is 447 g/mol. The molecule has 0 bridgehead atoms. The van der Waals surface area contributed by atoms with Crippen molar-refractivity contribution in [1.29, 1.82) is 0 Å². The first kappa shape index (κ1) is 20.6. The molecule has 3 heterocycles. The number of carbonyl (C=O) groups is 1. The molecule has 0 aromatic carbocycles. The standard InChI is InChI=1S/C20H25N5OS3/c1-4-11-5-6-14-12(7-11)8-13-15(21)16(28-18(13)22-14)17(26)23-19-24-25-20(29-19)27-9-10(2)3/h8,10-11H,4-7,9,21H2,1-3H3,(H,23,24,26). The number of hydrogen-bond donors (Lipinski definition) is 2. The van der Waals surface area contributed by atoms with Gasteiger partial charge in [0.1, 0.15) is 9.71 Å². The van der Waals surface area contributed by atoms with Gasteiger partial charge in [0.15, 0.2) is 4.34 Å². The van der Waals surface area contributed by atoms with Gasteiger partial charge in [-0.3, -0.25) is 10.1 Å². The molecule has 1 amide bonds. The molecule has 3 aromatic heterocycles. The van der Waals surface area contributed by atoms with Crippen molar-refractivity contribution in [3.63, 3.8) is 0 Å². The average Bonchev–Trinajstić information content (AvgIpc) is 3.28. The summed E-state index contributed by atoms with van der Waals surface area (Å²) in [5, 5.41) is 12.5. The molecule has 1 atom stereocenters. The average molecular weight is 448 g/mol.